The average Bonchev–Trinajstić information content (AvgIpc) is 3.15. The number of nitriles is 1. The van der Waals surface area contributed by atoms with E-state index in [2.05, 4.69) is 16.5 Å². The highest BCUT2D eigenvalue weighted by atomic mass is 19.1. The predicted octanol–water partition coefficient (Wildman–Crippen LogP) is 4.57. The molecule has 0 unspecified atom stereocenters. The van der Waals surface area contributed by atoms with Crippen LogP contribution in [0.4, 0.5) is 9.18 Å². The van der Waals surface area contributed by atoms with Gasteiger partial charge in [0.25, 0.3) is 0 Å². The van der Waals surface area contributed by atoms with Gasteiger partial charge in [0.2, 0.25) is 0 Å². The average molecular weight is 392 g/mol. The molecule has 29 heavy (non-hydrogen) atoms. The molecule has 0 radical (unpaired) electrons. The number of carbonyl (C=O) groups excluding carboxylic acids is 1. The van der Waals surface area contributed by atoms with Gasteiger partial charge in [-0.05, 0) is 74.4 Å². The van der Waals surface area contributed by atoms with Crippen molar-refractivity contribution in [2.45, 2.75) is 32.9 Å². The van der Waals surface area contributed by atoms with Crippen molar-refractivity contribution in [2.24, 2.45) is 0 Å². The van der Waals surface area contributed by atoms with Crippen molar-refractivity contribution in [1.82, 2.24) is 15.1 Å². The van der Waals surface area contributed by atoms with Crippen LogP contribution in [0.1, 0.15) is 31.9 Å². The second-order valence-electron chi connectivity index (χ2n) is 7.54. The molecule has 1 aromatic heterocycles. The summed E-state index contributed by atoms with van der Waals surface area (Å²) in [7, 11) is 0. The molecular weight excluding hydrogens is 371 g/mol. The zero-order valence-electron chi connectivity index (χ0n) is 16.4. The third-order valence-corrected chi connectivity index (χ3v) is 3.97. The van der Waals surface area contributed by atoms with Gasteiger partial charge in [-0.3, -0.25) is 0 Å². The molecule has 0 bridgehead atoms. The van der Waals surface area contributed by atoms with Gasteiger partial charge in [0.1, 0.15) is 11.4 Å². The summed E-state index contributed by atoms with van der Waals surface area (Å²) in [5.41, 5.74) is 2.74. The molecular formula is C22H21FN4O2. The van der Waals surface area contributed by atoms with Crippen LogP contribution in [0.5, 0.6) is 0 Å². The normalized spacial score (nSPS) is 11.0. The fraction of sp³-hybridized carbons (Fsp3) is 0.227. The standard InChI is InChI=1S/C22H21FN4O2/c1-22(2,3)29-21(28)25-12-16-8-17(10-19(23)9-16)18-13-26-27(14-18)20-6-4-15(11-24)5-7-20/h4-10,13-14H,12H2,1-3H3,(H,25,28). The Morgan fingerprint density at radius 1 is 1.21 bits per heavy atom. The number of amides is 1. The number of carbonyl (C=O) groups is 1. The number of rotatable bonds is 4. The number of hydrogen-bond donors (Lipinski definition) is 1. The first-order chi connectivity index (χ1) is 13.7. The summed E-state index contributed by atoms with van der Waals surface area (Å²) in [6.07, 6.45) is 2.86. The van der Waals surface area contributed by atoms with Crippen LogP contribution in [0.15, 0.2) is 54.9 Å². The molecule has 0 aliphatic rings. The van der Waals surface area contributed by atoms with Gasteiger partial charge in [0, 0.05) is 18.3 Å². The highest BCUT2D eigenvalue weighted by molar-refractivity contribution is 5.68. The van der Waals surface area contributed by atoms with E-state index in [1.807, 2.05) is 0 Å². The van der Waals surface area contributed by atoms with Crippen LogP contribution < -0.4 is 5.32 Å². The zero-order chi connectivity index (χ0) is 21.0. The monoisotopic (exact) mass is 392 g/mol. The smallest absolute Gasteiger partial charge is 0.407 e. The molecule has 0 atom stereocenters. The minimum Gasteiger partial charge on any atom is -0.444 e. The molecule has 0 spiro atoms. The topological polar surface area (TPSA) is 79.9 Å². The molecule has 1 amide bonds. The molecule has 0 saturated heterocycles. The molecule has 3 rings (SSSR count). The fourth-order valence-corrected chi connectivity index (χ4v) is 2.71. The number of aromatic nitrogens is 2. The van der Waals surface area contributed by atoms with E-state index in [-0.39, 0.29) is 6.54 Å². The fourth-order valence-electron chi connectivity index (χ4n) is 2.71. The minimum absolute atomic E-state index is 0.142. The maximum absolute atomic E-state index is 14.1. The predicted molar refractivity (Wildman–Crippen MR) is 107 cm³/mol. The molecule has 148 valence electrons. The molecule has 0 aliphatic carbocycles. The van der Waals surface area contributed by atoms with Gasteiger partial charge >= 0.3 is 6.09 Å². The van der Waals surface area contributed by atoms with Gasteiger partial charge in [-0.15, -0.1) is 0 Å². The van der Waals surface area contributed by atoms with Crippen LogP contribution in [-0.2, 0) is 11.3 Å². The van der Waals surface area contributed by atoms with Gasteiger partial charge in [0.15, 0.2) is 0 Å². The SMILES string of the molecule is CC(C)(C)OC(=O)NCc1cc(F)cc(-c2cnn(-c3ccc(C#N)cc3)c2)c1. The summed E-state index contributed by atoms with van der Waals surface area (Å²) < 4.78 is 21.0. The Bertz CT molecular complexity index is 1060. The van der Waals surface area contributed by atoms with Gasteiger partial charge in [-0.25, -0.2) is 13.9 Å². The molecule has 7 heteroatoms. The lowest BCUT2D eigenvalue weighted by Crippen LogP contribution is -2.32. The summed E-state index contributed by atoms with van der Waals surface area (Å²) >= 11 is 0. The Hall–Kier alpha value is -3.66. The van der Waals surface area contributed by atoms with E-state index in [1.165, 1.54) is 12.1 Å². The lowest BCUT2D eigenvalue weighted by Gasteiger charge is -2.19. The number of nitrogens with zero attached hydrogens (tertiary/aromatic N) is 3. The highest BCUT2D eigenvalue weighted by Crippen LogP contribution is 2.23. The summed E-state index contributed by atoms with van der Waals surface area (Å²) in [6, 6.07) is 13.6. The third kappa shape index (κ3) is 5.42. The minimum atomic E-state index is -0.600. The third-order valence-electron chi connectivity index (χ3n) is 3.97. The first-order valence-corrected chi connectivity index (χ1v) is 9.05. The number of halogens is 1. The van der Waals surface area contributed by atoms with Crippen LogP contribution >= 0.6 is 0 Å². The number of benzene rings is 2. The first-order valence-electron chi connectivity index (χ1n) is 9.05. The number of alkyl carbamates (subject to hydrolysis) is 1. The van der Waals surface area contributed by atoms with Crippen molar-refractivity contribution >= 4 is 6.09 Å². The number of nitrogens with one attached hydrogen (secondary N) is 1. The highest BCUT2D eigenvalue weighted by Gasteiger charge is 2.16. The number of ether oxygens (including phenoxy) is 1. The van der Waals surface area contributed by atoms with Gasteiger partial charge in [-0.1, -0.05) is 0 Å². The van der Waals surface area contributed by atoms with Crippen LogP contribution in [0, 0.1) is 17.1 Å². The Morgan fingerprint density at radius 3 is 2.59 bits per heavy atom. The van der Waals surface area contributed by atoms with E-state index in [9.17, 15) is 9.18 Å². The largest absolute Gasteiger partial charge is 0.444 e. The lowest BCUT2D eigenvalue weighted by atomic mass is 10.1. The maximum atomic E-state index is 14.1. The van der Waals surface area contributed by atoms with Crippen molar-refractivity contribution in [3.8, 4) is 22.9 Å². The second kappa shape index (κ2) is 8.15. The molecule has 1 heterocycles. The van der Waals surface area contributed by atoms with E-state index in [0.717, 1.165) is 11.3 Å². The number of hydrogen-bond acceptors (Lipinski definition) is 4. The lowest BCUT2D eigenvalue weighted by molar-refractivity contribution is 0.0523. The van der Waals surface area contributed by atoms with Crippen LogP contribution in [-0.4, -0.2) is 21.5 Å². The molecule has 0 saturated carbocycles. The van der Waals surface area contributed by atoms with E-state index in [1.54, 1.807) is 68.2 Å². The van der Waals surface area contributed by atoms with E-state index < -0.39 is 17.5 Å². The Labute approximate surface area is 168 Å². The second-order valence-corrected chi connectivity index (χ2v) is 7.54. The van der Waals surface area contributed by atoms with E-state index in [0.29, 0.717) is 16.7 Å². The Balaban J connectivity index is 1.77. The van der Waals surface area contributed by atoms with Crippen molar-refractivity contribution in [1.29, 1.82) is 5.26 Å². The van der Waals surface area contributed by atoms with Crippen LogP contribution in [0.25, 0.3) is 16.8 Å². The van der Waals surface area contributed by atoms with Crippen LogP contribution in [0.2, 0.25) is 0 Å². The van der Waals surface area contributed by atoms with Crippen molar-refractivity contribution < 1.29 is 13.9 Å². The van der Waals surface area contributed by atoms with E-state index in [4.69, 9.17) is 10.00 Å². The van der Waals surface area contributed by atoms with E-state index >= 15 is 0 Å². The van der Waals surface area contributed by atoms with Crippen molar-refractivity contribution in [3.05, 3.63) is 71.8 Å². The quantitative estimate of drug-likeness (QED) is 0.705. The summed E-state index contributed by atoms with van der Waals surface area (Å²) in [5.74, 6) is -0.408. The molecule has 6 nitrogen and oxygen atoms in total. The van der Waals surface area contributed by atoms with Gasteiger partial charge in [-0.2, -0.15) is 10.4 Å². The van der Waals surface area contributed by atoms with Crippen molar-refractivity contribution in [2.75, 3.05) is 0 Å². The molecule has 0 fully saturated rings. The van der Waals surface area contributed by atoms with Crippen LogP contribution in [0.3, 0.4) is 0 Å². The first kappa shape index (κ1) is 20.1. The van der Waals surface area contributed by atoms with Gasteiger partial charge in [0.05, 0.1) is 23.5 Å². The molecule has 3 aromatic rings. The van der Waals surface area contributed by atoms with Crippen molar-refractivity contribution in [3.63, 3.8) is 0 Å². The molecule has 1 N–H and O–H groups in total. The summed E-state index contributed by atoms with van der Waals surface area (Å²) in [5, 5.41) is 15.8. The maximum Gasteiger partial charge on any atom is 0.407 e. The molecule has 0 aliphatic heterocycles. The molecule has 2 aromatic carbocycles. The zero-order valence-corrected chi connectivity index (χ0v) is 16.4. The summed E-state index contributed by atoms with van der Waals surface area (Å²) in [4.78, 5) is 11.8. The Kier molecular flexibility index (Phi) is 5.64. The van der Waals surface area contributed by atoms with Gasteiger partial charge < -0.3 is 10.1 Å². The Morgan fingerprint density at radius 2 is 1.93 bits per heavy atom. The summed E-state index contributed by atoms with van der Waals surface area (Å²) in [6.45, 7) is 5.47.